The van der Waals surface area contributed by atoms with Crippen molar-refractivity contribution in [3.8, 4) is 5.82 Å². The summed E-state index contributed by atoms with van der Waals surface area (Å²) >= 11 is 6.04. The summed E-state index contributed by atoms with van der Waals surface area (Å²) in [6.07, 6.45) is 4.84. The molecule has 2 aromatic heterocycles. The Balaban J connectivity index is 1.88. The minimum Gasteiger partial charge on any atom is -0.375 e. The molecular weight excluding hydrogens is 286 g/mol. The van der Waals surface area contributed by atoms with Gasteiger partial charge in [-0.3, -0.25) is 0 Å². The summed E-state index contributed by atoms with van der Waals surface area (Å²) in [5, 5.41) is 8.28. The van der Waals surface area contributed by atoms with Gasteiger partial charge in [-0.1, -0.05) is 23.7 Å². The Bertz CT molecular complexity index is 726. The second kappa shape index (κ2) is 5.93. The zero-order valence-corrected chi connectivity index (χ0v) is 12.2. The molecule has 106 valence electrons. The van der Waals surface area contributed by atoms with E-state index >= 15 is 0 Å². The first-order valence-electron chi connectivity index (χ1n) is 6.56. The number of pyridine rings is 1. The quantitative estimate of drug-likeness (QED) is 0.801. The van der Waals surface area contributed by atoms with Gasteiger partial charge in [-0.15, -0.1) is 0 Å². The van der Waals surface area contributed by atoms with Crippen LogP contribution in [-0.2, 0) is 0 Å². The van der Waals surface area contributed by atoms with E-state index in [2.05, 4.69) is 27.3 Å². The standard InChI is InChI=1S/C15H14ClN5/c1-11(12-4-2-5-13(16)8-12)20-14-6-3-7-18-15(14)21-10-17-9-19-21/h2-11,20H,1H3. The van der Waals surface area contributed by atoms with E-state index in [1.54, 1.807) is 17.2 Å². The molecule has 6 heteroatoms. The SMILES string of the molecule is CC(Nc1cccnc1-n1cncn1)c1cccc(Cl)c1. The number of nitrogens with one attached hydrogen (secondary N) is 1. The topological polar surface area (TPSA) is 55.6 Å². The van der Waals surface area contributed by atoms with Gasteiger partial charge in [0.1, 0.15) is 12.7 Å². The molecule has 0 spiro atoms. The van der Waals surface area contributed by atoms with Crippen LogP contribution >= 0.6 is 11.6 Å². The maximum Gasteiger partial charge on any atom is 0.178 e. The van der Waals surface area contributed by atoms with Gasteiger partial charge in [0.2, 0.25) is 0 Å². The summed E-state index contributed by atoms with van der Waals surface area (Å²) < 4.78 is 1.63. The molecule has 0 fully saturated rings. The highest BCUT2D eigenvalue weighted by Gasteiger charge is 2.11. The smallest absolute Gasteiger partial charge is 0.178 e. The molecule has 0 aliphatic heterocycles. The van der Waals surface area contributed by atoms with E-state index < -0.39 is 0 Å². The number of halogens is 1. The molecule has 0 bridgehead atoms. The van der Waals surface area contributed by atoms with Gasteiger partial charge in [0, 0.05) is 17.3 Å². The monoisotopic (exact) mass is 299 g/mol. The molecule has 3 rings (SSSR count). The molecule has 0 radical (unpaired) electrons. The van der Waals surface area contributed by atoms with E-state index in [0.29, 0.717) is 5.82 Å². The van der Waals surface area contributed by atoms with Gasteiger partial charge in [-0.2, -0.15) is 5.10 Å². The maximum atomic E-state index is 6.04. The Morgan fingerprint density at radius 1 is 1.24 bits per heavy atom. The van der Waals surface area contributed by atoms with Crippen molar-refractivity contribution in [2.24, 2.45) is 0 Å². The molecule has 1 atom stereocenters. The van der Waals surface area contributed by atoms with Crippen molar-refractivity contribution >= 4 is 17.3 Å². The lowest BCUT2D eigenvalue weighted by Crippen LogP contribution is -2.10. The first-order chi connectivity index (χ1) is 10.2. The Morgan fingerprint density at radius 3 is 2.90 bits per heavy atom. The van der Waals surface area contributed by atoms with Crippen molar-refractivity contribution in [2.75, 3.05) is 5.32 Å². The third kappa shape index (κ3) is 3.03. The van der Waals surface area contributed by atoms with Crippen LogP contribution in [0, 0.1) is 0 Å². The van der Waals surface area contributed by atoms with Gasteiger partial charge in [-0.25, -0.2) is 14.6 Å². The number of aromatic nitrogens is 4. The number of anilines is 1. The fourth-order valence-electron chi connectivity index (χ4n) is 2.10. The number of hydrogen-bond acceptors (Lipinski definition) is 4. The van der Waals surface area contributed by atoms with E-state index in [4.69, 9.17) is 11.6 Å². The minimum absolute atomic E-state index is 0.0928. The predicted molar refractivity (Wildman–Crippen MR) is 82.6 cm³/mol. The Morgan fingerprint density at radius 2 is 2.14 bits per heavy atom. The van der Waals surface area contributed by atoms with Crippen LogP contribution in [0.4, 0.5) is 5.69 Å². The Hall–Kier alpha value is -2.40. The number of benzene rings is 1. The molecular formula is C15H14ClN5. The number of hydrogen-bond donors (Lipinski definition) is 1. The normalized spacial score (nSPS) is 12.1. The van der Waals surface area contributed by atoms with Crippen LogP contribution in [0.15, 0.2) is 55.2 Å². The zero-order valence-electron chi connectivity index (χ0n) is 11.4. The van der Waals surface area contributed by atoms with Crippen LogP contribution in [0.3, 0.4) is 0 Å². The van der Waals surface area contributed by atoms with Crippen molar-refractivity contribution in [2.45, 2.75) is 13.0 Å². The summed E-state index contributed by atoms with van der Waals surface area (Å²) in [4.78, 5) is 8.31. The molecule has 5 nitrogen and oxygen atoms in total. The first-order valence-corrected chi connectivity index (χ1v) is 6.94. The maximum absolute atomic E-state index is 6.04. The predicted octanol–water partition coefficient (Wildman–Crippen LogP) is 3.49. The molecule has 1 unspecified atom stereocenters. The van der Waals surface area contributed by atoms with Gasteiger partial charge in [0.05, 0.1) is 5.69 Å². The molecule has 0 aliphatic carbocycles. The van der Waals surface area contributed by atoms with Crippen molar-refractivity contribution in [3.63, 3.8) is 0 Å². The van der Waals surface area contributed by atoms with Gasteiger partial charge >= 0.3 is 0 Å². The second-order valence-corrected chi connectivity index (χ2v) is 5.07. The third-order valence-electron chi connectivity index (χ3n) is 3.14. The zero-order chi connectivity index (χ0) is 14.7. The average Bonchev–Trinajstić information content (AvgIpc) is 3.02. The molecule has 1 N–H and O–H groups in total. The molecule has 21 heavy (non-hydrogen) atoms. The third-order valence-corrected chi connectivity index (χ3v) is 3.38. The highest BCUT2D eigenvalue weighted by atomic mass is 35.5. The summed E-state index contributed by atoms with van der Waals surface area (Å²) in [7, 11) is 0. The van der Waals surface area contributed by atoms with Crippen LogP contribution in [0.25, 0.3) is 5.82 Å². The summed E-state index contributed by atoms with van der Waals surface area (Å²) in [5.41, 5.74) is 1.99. The molecule has 0 amide bonds. The lowest BCUT2D eigenvalue weighted by atomic mass is 10.1. The molecule has 2 heterocycles. The van der Waals surface area contributed by atoms with Crippen LogP contribution in [0.1, 0.15) is 18.5 Å². The van der Waals surface area contributed by atoms with E-state index in [-0.39, 0.29) is 6.04 Å². The number of nitrogens with zero attached hydrogens (tertiary/aromatic N) is 4. The molecule has 0 saturated carbocycles. The Kier molecular flexibility index (Phi) is 3.83. The molecule has 3 aromatic rings. The summed E-state index contributed by atoms with van der Waals surface area (Å²) in [6.45, 7) is 2.07. The lowest BCUT2D eigenvalue weighted by Gasteiger charge is -2.17. The lowest BCUT2D eigenvalue weighted by molar-refractivity contribution is 0.828. The van der Waals surface area contributed by atoms with Crippen molar-refractivity contribution in [1.29, 1.82) is 0 Å². The highest BCUT2D eigenvalue weighted by Crippen LogP contribution is 2.24. The Labute approximate surface area is 127 Å². The van der Waals surface area contributed by atoms with Gasteiger partial charge in [0.25, 0.3) is 0 Å². The first kappa shape index (κ1) is 13.6. The van der Waals surface area contributed by atoms with Crippen LogP contribution in [0.5, 0.6) is 0 Å². The fourth-order valence-corrected chi connectivity index (χ4v) is 2.30. The van der Waals surface area contributed by atoms with Gasteiger partial charge in [0.15, 0.2) is 5.82 Å². The summed E-state index contributed by atoms with van der Waals surface area (Å²) in [6, 6.07) is 11.7. The fraction of sp³-hybridized carbons (Fsp3) is 0.133. The van der Waals surface area contributed by atoms with Crippen molar-refractivity contribution < 1.29 is 0 Å². The minimum atomic E-state index is 0.0928. The van der Waals surface area contributed by atoms with E-state index in [1.165, 1.54) is 6.33 Å². The van der Waals surface area contributed by atoms with Crippen LogP contribution in [-0.4, -0.2) is 19.7 Å². The highest BCUT2D eigenvalue weighted by molar-refractivity contribution is 6.30. The van der Waals surface area contributed by atoms with Gasteiger partial charge in [-0.05, 0) is 36.8 Å². The van der Waals surface area contributed by atoms with Crippen LogP contribution < -0.4 is 5.32 Å². The van der Waals surface area contributed by atoms with E-state index in [1.807, 2.05) is 36.4 Å². The largest absolute Gasteiger partial charge is 0.375 e. The number of rotatable bonds is 4. The van der Waals surface area contributed by atoms with Crippen LogP contribution in [0.2, 0.25) is 5.02 Å². The van der Waals surface area contributed by atoms with Gasteiger partial charge < -0.3 is 5.32 Å². The average molecular weight is 300 g/mol. The molecule has 0 aliphatic rings. The van der Waals surface area contributed by atoms with Crippen molar-refractivity contribution in [3.05, 3.63) is 65.8 Å². The molecule has 1 aromatic carbocycles. The van der Waals surface area contributed by atoms with Crippen molar-refractivity contribution in [1.82, 2.24) is 19.7 Å². The molecule has 0 saturated heterocycles. The van der Waals surface area contributed by atoms with E-state index in [9.17, 15) is 0 Å². The second-order valence-electron chi connectivity index (χ2n) is 4.64. The summed E-state index contributed by atoms with van der Waals surface area (Å²) in [5.74, 6) is 0.712. The van der Waals surface area contributed by atoms with E-state index in [0.717, 1.165) is 16.3 Å².